The molecule has 45 heavy (non-hydrogen) atoms. The predicted octanol–water partition coefficient (Wildman–Crippen LogP) is 10.8. The molecule has 0 saturated carbocycles. The van der Waals surface area contributed by atoms with Crippen LogP contribution in [-0.4, -0.2) is 41.2 Å². The van der Waals surface area contributed by atoms with Crippen LogP contribution < -0.4 is 0 Å². The van der Waals surface area contributed by atoms with Crippen LogP contribution in [0, 0.1) is 0 Å². The molecule has 0 bridgehead atoms. The monoisotopic (exact) mass is 637 g/mol. The smallest absolute Gasteiger partial charge is 0.308 e. The minimum atomic E-state index is -1.69. The number of rotatable bonds is 34. The molecule has 6 nitrogen and oxygen atoms in total. The van der Waals surface area contributed by atoms with Crippen LogP contribution in [0.5, 0.6) is 0 Å². The zero-order valence-electron chi connectivity index (χ0n) is 29.5. The topological polar surface area (TPSA) is 93.1 Å². The van der Waals surface area contributed by atoms with Crippen molar-refractivity contribution in [1.82, 2.24) is 0 Å². The van der Waals surface area contributed by atoms with Crippen LogP contribution >= 0.6 is 0 Å². The fraction of sp³-hybridized carbons (Fsp3) is 0.846. The van der Waals surface area contributed by atoms with Gasteiger partial charge >= 0.3 is 11.9 Å². The summed E-state index contributed by atoms with van der Waals surface area (Å²) in [5.41, 5.74) is 0. The normalized spacial score (nSPS) is 13.1. The average molecular weight is 637 g/mol. The molecule has 264 valence electrons. The number of esters is 2. The maximum absolute atomic E-state index is 12.0. The number of carbonyl (C=O) groups is 2. The zero-order valence-corrected chi connectivity index (χ0v) is 29.5. The molecule has 0 amide bonds. The number of unbranched alkanes of at least 4 members (excludes halogenated alkanes) is 22. The second-order valence-corrected chi connectivity index (χ2v) is 12.8. The van der Waals surface area contributed by atoms with Crippen LogP contribution in [0.25, 0.3) is 0 Å². The van der Waals surface area contributed by atoms with E-state index in [-0.39, 0.29) is 19.4 Å². The summed E-state index contributed by atoms with van der Waals surface area (Å²) >= 11 is 0. The Morgan fingerprint density at radius 2 is 0.822 bits per heavy atom. The first-order chi connectivity index (χ1) is 22.0. The van der Waals surface area contributed by atoms with E-state index >= 15 is 0 Å². The van der Waals surface area contributed by atoms with Crippen molar-refractivity contribution in [1.29, 1.82) is 0 Å². The van der Waals surface area contributed by atoms with Crippen molar-refractivity contribution in [3.05, 3.63) is 24.3 Å². The Morgan fingerprint density at radius 1 is 0.489 bits per heavy atom. The first-order valence-electron chi connectivity index (χ1n) is 19.0. The summed E-state index contributed by atoms with van der Waals surface area (Å²) in [6.07, 6.45) is 37.5. The summed E-state index contributed by atoms with van der Waals surface area (Å²) in [5, 5.41) is 20.0. The van der Waals surface area contributed by atoms with Crippen LogP contribution in [0.4, 0.5) is 0 Å². The van der Waals surface area contributed by atoms with Crippen LogP contribution in [0.2, 0.25) is 0 Å². The highest BCUT2D eigenvalue weighted by Gasteiger charge is 2.22. The average Bonchev–Trinajstić information content (AvgIpc) is 3.03. The maximum Gasteiger partial charge on any atom is 0.308 e. The molecule has 2 unspecified atom stereocenters. The van der Waals surface area contributed by atoms with Crippen molar-refractivity contribution < 1.29 is 29.3 Å². The fourth-order valence-corrected chi connectivity index (χ4v) is 5.29. The molecule has 0 saturated heterocycles. The molecule has 0 radical (unpaired) electrons. The zero-order chi connectivity index (χ0) is 33.1. The van der Waals surface area contributed by atoms with Gasteiger partial charge in [0.05, 0.1) is 0 Å². The Balaban J connectivity index is 3.58. The molecule has 0 fully saturated rings. The summed E-state index contributed by atoms with van der Waals surface area (Å²) in [4.78, 5) is 23.9. The quantitative estimate of drug-likeness (QED) is 0.0316. The number of aliphatic hydroxyl groups excluding tert-OH is 2. The van der Waals surface area contributed by atoms with E-state index < -0.39 is 24.3 Å². The highest BCUT2D eigenvalue weighted by atomic mass is 16.6. The van der Waals surface area contributed by atoms with E-state index in [1.807, 2.05) is 0 Å². The minimum absolute atomic E-state index is 0.206. The molecule has 2 atom stereocenters. The molecule has 0 aromatic heterocycles. The summed E-state index contributed by atoms with van der Waals surface area (Å²) < 4.78 is 9.98. The van der Waals surface area contributed by atoms with Gasteiger partial charge in [-0.25, -0.2) is 0 Å². The summed E-state index contributed by atoms with van der Waals surface area (Å²) in [6, 6.07) is 0. The number of allylic oxidation sites excluding steroid dienone is 4. The lowest BCUT2D eigenvalue weighted by Crippen LogP contribution is -2.35. The third-order valence-corrected chi connectivity index (χ3v) is 8.28. The number of carbonyl (C=O) groups excluding carboxylic acids is 2. The Hall–Kier alpha value is -1.66. The third-order valence-electron chi connectivity index (χ3n) is 8.28. The van der Waals surface area contributed by atoms with Gasteiger partial charge in [-0.15, -0.1) is 0 Å². The number of ether oxygens (including phenoxy) is 2. The molecule has 0 rings (SSSR count). The fourth-order valence-electron chi connectivity index (χ4n) is 5.29. The molecule has 0 aromatic rings. The third kappa shape index (κ3) is 33.5. The standard InChI is InChI=1S/C39H72O6/c1-3-5-7-9-11-13-15-17-19-21-23-25-27-29-31-33-37(41)44-35-36(40)39(43)45-38(42)34-32-30-28-26-24-22-20-18-16-14-12-10-8-6-4-2/h17-20,36,39-40,43H,3-16,21-35H2,1-2H3/b19-17-,20-18-. The summed E-state index contributed by atoms with van der Waals surface area (Å²) in [5.74, 6) is -0.947. The molecular weight excluding hydrogens is 564 g/mol. The van der Waals surface area contributed by atoms with E-state index in [1.54, 1.807) is 0 Å². The lowest BCUT2D eigenvalue weighted by Gasteiger charge is -2.18. The van der Waals surface area contributed by atoms with Crippen molar-refractivity contribution in [3.63, 3.8) is 0 Å². The largest absolute Gasteiger partial charge is 0.463 e. The van der Waals surface area contributed by atoms with E-state index in [0.717, 1.165) is 57.8 Å². The Bertz CT molecular complexity index is 704. The van der Waals surface area contributed by atoms with Crippen LogP contribution in [0.3, 0.4) is 0 Å². The van der Waals surface area contributed by atoms with Gasteiger partial charge in [0.2, 0.25) is 6.29 Å². The lowest BCUT2D eigenvalue weighted by molar-refractivity contribution is -0.193. The van der Waals surface area contributed by atoms with Crippen LogP contribution in [-0.2, 0) is 19.1 Å². The maximum atomic E-state index is 12.0. The van der Waals surface area contributed by atoms with Crippen LogP contribution in [0.1, 0.15) is 194 Å². The van der Waals surface area contributed by atoms with Gasteiger partial charge in [0.15, 0.2) is 6.10 Å². The molecular formula is C39H72O6. The molecule has 0 spiro atoms. The second kappa shape index (κ2) is 35.2. The molecule has 6 heteroatoms. The van der Waals surface area contributed by atoms with E-state index in [2.05, 4.69) is 38.2 Å². The molecule has 0 aromatic carbocycles. The van der Waals surface area contributed by atoms with Crippen molar-refractivity contribution >= 4 is 11.9 Å². The minimum Gasteiger partial charge on any atom is -0.463 e. The first-order valence-corrected chi connectivity index (χ1v) is 19.0. The van der Waals surface area contributed by atoms with Crippen molar-refractivity contribution in [2.24, 2.45) is 0 Å². The number of aliphatic hydroxyl groups is 2. The molecule has 0 heterocycles. The highest BCUT2D eigenvalue weighted by molar-refractivity contribution is 5.69. The number of hydrogen-bond donors (Lipinski definition) is 2. The van der Waals surface area contributed by atoms with Gasteiger partial charge in [-0.3, -0.25) is 9.59 Å². The highest BCUT2D eigenvalue weighted by Crippen LogP contribution is 2.13. The Morgan fingerprint density at radius 3 is 1.22 bits per heavy atom. The van der Waals surface area contributed by atoms with Gasteiger partial charge in [0.1, 0.15) is 6.61 Å². The van der Waals surface area contributed by atoms with E-state index in [9.17, 15) is 19.8 Å². The van der Waals surface area contributed by atoms with Crippen LogP contribution in [0.15, 0.2) is 24.3 Å². The van der Waals surface area contributed by atoms with Gasteiger partial charge in [-0.2, -0.15) is 0 Å². The number of hydrogen-bond acceptors (Lipinski definition) is 6. The van der Waals surface area contributed by atoms with E-state index in [1.165, 1.54) is 103 Å². The Kier molecular flexibility index (Phi) is 33.9. The summed E-state index contributed by atoms with van der Waals surface area (Å²) in [6.45, 7) is 4.12. The first kappa shape index (κ1) is 43.3. The van der Waals surface area contributed by atoms with Gasteiger partial charge in [0.25, 0.3) is 0 Å². The SMILES string of the molecule is CCCCCCCC/C=C\CCCCCCCC(=O)OCC(O)C(O)OC(=O)CCCCCCC/C=C\CCCCCCCC. The lowest BCUT2D eigenvalue weighted by atomic mass is 10.1. The van der Waals surface area contributed by atoms with Crippen molar-refractivity contribution in [2.45, 2.75) is 206 Å². The van der Waals surface area contributed by atoms with Gasteiger partial charge < -0.3 is 19.7 Å². The van der Waals surface area contributed by atoms with Gasteiger partial charge in [-0.05, 0) is 64.2 Å². The van der Waals surface area contributed by atoms with E-state index in [4.69, 9.17) is 9.47 Å². The molecule has 0 aliphatic heterocycles. The van der Waals surface area contributed by atoms with Gasteiger partial charge in [-0.1, -0.05) is 141 Å². The predicted molar refractivity (Wildman–Crippen MR) is 188 cm³/mol. The van der Waals surface area contributed by atoms with E-state index in [0.29, 0.717) is 6.42 Å². The molecule has 0 aliphatic rings. The molecule has 2 N–H and O–H groups in total. The summed E-state index contributed by atoms with van der Waals surface area (Å²) in [7, 11) is 0. The van der Waals surface area contributed by atoms with Crippen molar-refractivity contribution in [3.8, 4) is 0 Å². The second-order valence-electron chi connectivity index (χ2n) is 12.8. The van der Waals surface area contributed by atoms with Gasteiger partial charge in [0, 0.05) is 12.8 Å². The Labute approximate surface area is 277 Å². The molecule has 0 aliphatic carbocycles. The van der Waals surface area contributed by atoms with Crippen molar-refractivity contribution in [2.75, 3.05) is 6.61 Å².